The van der Waals surface area contributed by atoms with Gasteiger partial charge in [0.05, 0.1) is 11.6 Å². The molecule has 1 unspecified atom stereocenters. The van der Waals surface area contributed by atoms with Gasteiger partial charge in [0.25, 0.3) is 0 Å². The Hall–Kier alpha value is -1.85. The molecule has 22 heavy (non-hydrogen) atoms. The number of nitrogens with zero attached hydrogens (tertiary/aromatic N) is 2. The van der Waals surface area contributed by atoms with Crippen LogP contribution in [0.3, 0.4) is 0 Å². The Balaban J connectivity index is 0.00000242. The van der Waals surface area contributed by atoms with Gasteiger partial charge in [-0.1, -0.05) is 37.3 Å². The van der Waals surface area contributed by atoms with Gasteiger partial charge in [-0.25, -0.2) is 0 Å². The van der Waals surface area contributed by atoms with Crippen molar-refractivity contribution < 1.29 is 4.79 Å². The van der Waals surface area contributed by atoms with Crippen LogP contribution in [0.1, 0.15) is 29.7 Å². The number of aromatic nitrogens is 2. The zero-order valence-electron chi connectivity index (χ0n) is 13.0. The van der Waals surface area contributed by atoms with E-state index in [9.17, 15) is 4.79 Å². The number of aryl methyl sites for hydroxylation is 2. The highest BCUT2D eigenvalue weighted by Crippen LogP contribution is 2.15. The van der Waals surface area contributed by atoms with E-state index in [1.807, 2.05) is 43.6 Å². The fraction of sp³-hybridized carbons (Fsp3) is 0.375. The van der Waals surface area contributed by atoms with Crippen molar-refractivity contribution in [2.24, 2.45) is 12.8 Å². The molecule has 1 aromatic carbocycles. The van der Waals surface area contributed by atoms with Crippen LogP contribution in [0.4, 0.5) is 0 Å². The molecule has 0 bridgehead atoms. The Kier molecular flexibility index (Phi) is 7.08. The first-order valence-corrected chi connectivity index (χ1v) is 7.19. The summed E-state index contributed by atoms with van der Waals surface area (Å²) < 4.78 is 1.78. The van der Waals surface area contributed by atoms with Crippen molar-refractivity contribution in [2.45, 2.75) is 25.8 Å². The van der Waals surface area contributed by atoms with E-state index >= 15 is 0 Å². The maximum Gasteiger partial charge on any atom is 0.229 e. The molecule has 0 aliphatic rings. The predicted octanol–water partition coefficient (Wildman–Crippen LogP) is 1.76. The van der Waals surface area contributed by atoms with Crippen LogP contribution in [-0.4, -0.2) is 22.2 Å². The van der Waals surface area contributed by atoms with E-state index in [1.54, 1.807) is 4.68 Å². The SMILES string of the molecule is CCc1nn(C)cc1CNC(=O)C(CN)c1ccccc1.Cl. The van der Waals surface area contributed by atoms with Gasteiger partial charge in [-0.2, -0.15) is 5.10 Å². The van der Waals surface area contributed by atoms with E-state index < -0.39 is 0 Å². The quantitative estimate of drug-likeness (QED) is 0.851. The summed E-state index contributed by atoms with van der Waals surface area (Å²) in [6.45, 7) is 2.84. The Morgan fingerprint density at radius 2 is 2.05 bits per heavy atom. The highest BCUT2D eigenvalue weighted by atomic mass is 35.5. The van der Waals surface area contributed by atoms with Crippen LogP contribution in [0.25, 0.3) is 0 Å². The molecule has 0 fully saturated rings. The third kappa shape index (κ3) is 4.32. The lowest BCUT2D eigenvalue weighted by Gasteiger charge is -2.15. The summed E-state index contributed by atoms with van der Waals surface area (Å²) in [5.74, 6) is -0.359. The Bertz CT molecular complexity index is 597. The van der Waals surface area contributed by atoms with Crippen molar-refractivity contribution in [3.63, 3.8) is 0 Å². The summed E-state index contributed by atoms with van der Waals surface area (Å²) >= 11 is 0. The number of benzene rings is 1. The molecule has 1 heterocycles. The molecule has 2 rings (SSSR count). The van der Waals surface area contributed by atoms with Gasteiger partial charge in [0.15, 0.2) is 0 Å². The molecule has 0 spiro atoms. The van der Waals surface area contributed by atoms with Crippen LogP contribution in [0.15, 0.2) is 36.5 Å². The maximum atomic E-state index is 12.3. The van der Waals surface area contributed by atoms with E-state index in [4.69, 9.17) is 5.73 Å². The van der Waals surface area contributed by atoms with Gasteiger partial charge in [0.1, 0.15) is 0 Å². The minimum atomic E-state index is -0.312. The summed E-state index contributed by atoms with van der Waals surface area (Å²) in [7, 11) is 1.89. The van der Waals surface area contributed by atoms with E-state index in [0.717, 1.165) is 23.2 Å². The van der Waals surface area contributed by atoms with Crippen LogP contribution in [0.2, 0.25) is 0 Å². The zero-order chi connectivity index (χ0) is 15.2. The van der Waals surface area contributed by atoms with Crippen LogP contribution in [0, 0.1) is 0 Å². The number of halogens is 1. The number of nitrogens with two attached hydrogens (primary N) is 1. The molecule has 120 valence electrons. The van der Waals surface area contributed by atoms with Crippen LogP contribution in [-0.2, 0) is 24.8 Å². The maximum absolute atomic E-state index is 12.3. The predicted molar refractivity (Wildman–Crippen MR) is 89.9 cm³/mol. The fourth-order valence-corrected chi connectivity index (χ4v) is 2.41. The molecular formula is C16H23ClN4O. The summed E-state index contributed by atoms with van der Waals surface area (Å²) in [6, 6.07) is 9.62. The van der Waals surface area contributed by atoms with Crippen LogP contribution in [0.5, 0.6) is 0 Å². The van der Waals surface area contributed by atoms with Crippen molar-refractivity contribution >= 4 is 18.3 Å². The summed E-state index contributed by atoms with van der Waals surface area (Å²) in [4.78, 5) is 12.3. The Morgan fingerprint density at radius 3 is 2.64 bits per heavy atom. The van der Waals surface area contributed by atoms with Crippen molar-refractivity contribution in [3.8, 4) is 0 Å². The molecule has 0 aliphatic heterocycles. The summed E-state index contributed by atoms with van der Waals surface area (Å²) in [5, 5.41) is 7.34. The molecule has 3 N–H and O–H groups in total. The van der Waals surface area contributed by atoms with E-state index in [-0.39, 0.29) is 24.2 Å². The number of nitrogens with one attached hydrogen (secondary N) is 1. The van der Waals surface area contributed by atoms with Crippen LogP contribution >= 0.6 is 12.4 Å². The molecule has 0 saturated carbocycles. The number of hydrogen-bond acceptors (Lipinski definition) is 3. The minimum absolute atomic E-state index is 0. The van der Waals surface area contributed by atoms with E-state index in [0.29, 0.717) is 13.1 Å². The highest BCUT2D eigenvalue weighted by molar-refractivity contribution is 5.85. The number of carbonyl (C=O) groups is 1. The molecule has 6 heteroatoms. The fourth-order valence-electron chi connectivity index (χ4n) is 2.41. The van der Waals surface area contributed by atoms with Crippen molar-refractivity contribution in [1.29, 1.82) is 0 Å². The molecule has 5 nitrogen and oxygen atoms in total. The molecule has 0 saturated heterocycles. The molecule has 1 atom stereocenters. The van der Waals surface area contributed by atoms with Gasteiger partial charge in [-0.3, -0.25) is 9.48 Å². The molecule has 2 aromatic rings. The smallest absolute Gasteiger partial charge is 0.229 e. The minimum Gasteiger partial charge on any atom is -0.351 e. The first kappa shape index (κ1) is 18.2. The standard InChI is InChI=1S/C16H22N4O.ClH/c1-3-15-13(11-20(2)19-15)10-18-16(21)14(9-17)12-7-5-4-6-8-12;/h4-8,11,14H,3,9-10,17H2,1-2H3,(H,18,21);1H. The average Bonchev–Trinajstić information content (AvgIpc) is 2.87. The second-order valence-electron chi connectivity index (χ2n) is 5.05. The number of amides is 1. The van der Waals surface area contributed by atoms with Crippen molar-refractivity contribution in [2.75, 3.05) is 6.54 Å². The lowest BCUT2D eigenvalue weighted by molar-refractivity contribution is -0.122. The Morgan fingerprint density at radius 1 is 1.36 bits per heavy atom. The Labute approximate surface area is 137 Å². The molecule has 1 amide bonds. The van der Waals surface area contributed by atoms with Gasteiger partial charge in [-0.05, 0) is 12.0 Å². The third-order valence-electron chi connectivity index (χ3n) is 3.53. The second kappa shape index (κ2) is 8.56. The van der Waals surface area contributed by atoms with E-state index in [2.05, 4.69) is 17.3 Å². The summed E-state index contributed by atoms with van der Waals surface area (Å²) in [6.07, 6.45) is 2.80. The molecule has 1 aromatic heterocycles. The monoisotopic (exact) mass is 322 g/mol. The lowest BCUT2D eigenvalue weighted by atomic mass is 9.98. The van der Waals surface area contributed by atoms with Crippen molar-refractivity contribution in [3.05, 3.63) is 53.3 Å². The second-order valence-corrected chi connectivity index (χ2v) is 5.05. The third-order valence-corrected chi connectivity index (χ3v) is 3.53. The zero-order valence-corrected chi connectivity index (χ0v) is 13.8. The van der Waals surface area contributed by atoms with Gasteiger partial charge < -0.3 is 11.1 Å². The van der Waals surface area contributed by atoms with Gasteiger partial charge >= 0.3 is 0 Å². The molecular weight excluding hydrogens is 300 g/mol. The number of carbonyl (C=O) groups excluding carboxylic acids is 1. The normalized spacial score (nSPS) is 11.6. The van der Waals surface area contributed by atoms with E-state index in [1.165, 1.54) is 0 Å². The van der Waals surface area contributed by atoms with Crippen molar-refractivity contribution in [1.82, 2.24) is 15.1 Å². The first-order valence-electron chi connectivity index (χ1n) is 7.19. The van der Waals surface area contributed by atoms with Gasteiger partial charge in [0, 0.05) is 31.9 Å². The average molecular weight is 323 g/mol. The largest absolute Gasteiger partial charge is 0.351 e. The first-order chi connectivity index (χ1) is 10.2. The lowest BCUT2D eigenvalue weighted by Crippen LogP contribution is -2.33. The molecule has 0 radical (unpaired) electrons. The highest BCUT2D eigenvalue weighted by Gasteiger charge is 2.19. The topological polar surface area (TPSA) is 72.9 Å². The summed E-state index contributed by atoms with van der Waals surface area (Å²) in [5.41, 5.74) is 8.77. The molecule has 0 aliphatic carbocycles. The number of hydrogen-bond donors (Lipinski definition) is 2. The van der Waals surface area contributed by atoms with Gasteiger partial charge in [-0.15, -0.1) is 12.4 Å². The number of rotatable bonds is 6. The van der Waals surface area contributed by atoms with Gasteiger partial charge in [0.2, 0.25) is 5.91 Å². The van der Waals surface area contributed by atoms with Crippen LogP contribution < -0.4 is 11.1 Å².